The number of carbonyl (C=O) groups excluding carboxylic acids is 1. The number of sulfonamides is 1. The molecule has 0 atom stereocenters. The minimum absolute atomic E-state index is 0.0913. The van der Waals surface area contributed by atoms with E-state index in [1.807, 2.05) is 0 Å². The van der Waals surface area contributed by atoms with E-state index in [1.165, 1.54) is 30.7 Å². The Morgan fingerprint density at radius 1 is 1.07 bits per heavy atom. The Bertz CT molecular complexity index is 984. The van der Waals surface area contributed by atoms with Crippen LogP contribution in [0.15, 0.2) is 47.4 Å². The Kier molecular flexibility index (Phi) is 4.63. The van der Waals surface area contributed by atoms with E-state index >= 15 is 0 Å². The van der Waals surface area contributed by atoms with E-state index in [-0.39, 0.29) is 23.4 Å². The Morgan fingerprint density at radius 2 is 1.81 bits per heavy atom. The van der Waals surface area contributed by atoms with Crippen LogP contribution in [0.3, 0.4) is 0 Å². The summed E-state index contributed by atoms with van der Waals surface area (Å²) in [5, 5.41) is 2.95. The van der Waals surface area contributed by atoms with Gasteiger partial charge in [0, 0.05) is 17.2 Å². The molecule has 1 amide bonds. The molecule has 0 spiro atoms. The van der Waals surface area contributed by atoms with E-state index in [2.05, 4.69) is 5.32 Å². The summed E-state index contributed by atoms with van der Waals surface area (Å²) in [4.78, 5) is 12.7. The van der Waals surface area contributed by atoms with Crippen LogP contribution in [0.5, 0.6) is 0 Å². The first-order chi connectivity index (χ1) is 13.0. The number of nitrogens with zero attached hydrogens (tertiary/aromatic N) is 1. The van der Waals surface area contributed by atoms with Gasteiger partial charge in [-0.3, -0.25) is 9.10 Å². The summed E-state index contributed by atoms with van der Waals surface area (Å²) >= 11 is 0. The number of benzene rings is 2. The number of carbonyl (C=O) groups is 1. The molecule has 5 nitrogen and oxygen atoms in total. The maximum absolute atomic E-state index is 13.8. The zero-order valence-electron chi connectivity index (χ0n) is 14.8. The summed E-state index contributed by atoms with van der Waals surface area (Å²) in [6.45, 7) is -0.314. The Balaban J connectivity index is 1.69. The molecule has 27 heavy (non-hydrogen) atoms. The number of fused-ring (bicyclic) bond motifs is 3. The quantitative estimate of drug-likeness (QED) is 0.876. The van der Waals surface area contributed by atoms with Gasteiger partial charge < -0.3 is 5.32 Å². The molecule has 2 aliphatic rings. The number of halogens is 1. The highest BCUT2D eigenvalue weighted by Crippen LogP contribution is 2.43. The lowest BCUT2D eigenvalue weighted by molar-refractivity contribution is -0.120. The molecule has 0 aromatic heterocycles. The van der Waals surface area contributed by atoms with Gasteiger partial charge >= 0.3 is 0 Å². The average molecular weight is 388 g/mol. The van der Waals surface area contributed by atoms with Crippen molar-refractivity contribution in [1.82, 2.24) is 5.32 Å². The number of hydrogen-bond acceptors (Lipinski definition) is 3. The van der Waals surface area contributed by atoms with Crippen LogP contribution >= 0.6 is 0 Å². The molecule has 0 unspecified atom stereocenters. The Hall–Kier alpha value is -2.41. The standard InChI is InChI=1S/C20H21FN2O3S/c21-14-10-11-18-17(12-14)16-8-4-5-9-19(16)27(25,26)23(18)13-20(24)22-15-6-2-1-3-7-15/h4-5,8-12,15H,1-3,6-7,13H2,(H,22,24). The van der Waals surface area contributed by atoms with Crippen molar-refractivity contribution in [2.75, 3.05) is 10.8 Å². The van der Waals surface area contributed by atoms with Gasteiger partial charge in [0.15, 0.2) is 0 Å². The van der Waals surface area contributed by atoms with Gasteiger partial charge in [0.25, 0.3) is 10.0 Å². The van der Waals surface area contributed by atoms with Crippen molar-refractivity contribution >= 4 is 21.6 Å². The van der Waals surface area contributed by atoms with Gasteiger partial charge in [0.1, 0.15) is 12.4 Å². The second-order valence-electron chi connectivity index (χ2n) is 7.07. The third kappa shape index (κ3) is 3.32. The molecule has 2 aromatic rings. The molecule has 1 saturated carbocycles. The fourth-order valence-corrected chi connectivity index (χ4v) is 5.57. The minimum Gasteiger partial charge on any atom is -0.352 e. The molecule has 1 N–H and O–H groups in total. The zero-order valence-corrected chi connectivity index (χ0v) is 15.6. The molecular weight excluding hydrogens is 367 g/mol. The van der Waals surface area contributed by atoms with Crippen LogP contribution in [0.25, 0.3) is 11.1 Å². The summed E-state index contributed by atoms with van der Waals surface area (Å²) in [5.74, 6) is -0.783. The summed E-state index contributed by atoms with van der Waals surface area (Å²) in [5.41, 5.74) is 1.26. The largest absolute Gasteiger partial charge is 0.352 e. The second-order valence-corrected chi connectivity index (χ2v) is 8.90. The maximum atomic E-state index is 13.8. The van der Waals surface area contributed by atoms with Crippen molar-refractivity contribution in [3.05, 3.63) is 48.3 Å². The average Bonchev–Trinajstić information content (AvgIpc) is 2.66. The smallest absolute Gasteiger partial charge is 0.265 e. The summed E-state index contributed by atoms with van der Waals surface area (Å²) < 4.78 is 41.2. The second kappa shape index (κ2) is 6.96. The lowest BCUT2D eigenvalue weighted by Crippen LogP contribution is -2.45. The Labute approximate surface area is 158 Å². The van der Waals surface area contributed by atoms with Crippen LogP contribution in [0.2, 0.25) is 0 Å². The fraction of sp³-hybridized carbons (Fsp3) is 0.350. The molecule has 1 aliphatic heterocycles. The lowest BCUT2D eigenvalue weighted by Gasteiger charge is -2.32. The molecule has 4 rings (SSSR count). The highest BCUT2D eigenvalue weighted by molar-refractivity contribution is 7.93. The Morgan fingerprint density at radius 3 is 2.59 bits per heavy atom. The molecule has 0 radical (unpaired) electrons. The van der Waals surface area contributed by atoms with Crippen LogP contribution < -0.4 is 9.62 Å². The first kappa shape index (κ1) is 18.0. The molecule has 2 aromatic carbocycles. The van der Waals surface area contributed by atoms with Crippen LogP contribution in [-0.2, 0) is 14.8 Å². The third-order valence-electron chi connectivity index (χ3n) is 5.23. The van der Waals surface area contributed by atoms with Gasteiger partial charge in [0.05, 0.1) is 10.6 Å². The molecule has 142 valence electrons. The van der Waals surface area contributed by atoms with E-state index < -0.39 is 15.8 Å². The van der Waals surface area contributed by atoms with E-state index in [4.69, 9.17) is 0 Å². The van der Waals surface area contributed by atoms with E-state index in [0.29, 0.717) is 16.8 Å². The maximum Gasteiger partial charge on any atom is 0.265 e. The van der Waals surface area contributed by atoms with Crippen LogP contribution in [-0.4, -0.2) is 26.9 Å². The number of hydrogen-bond donors (Lipinski definition) is 1. The highest BCUT2D eigenvalue weighted by atomic mass is 32.2. The summed E-state index contributed by atoms with van der Waals surface area (Å²) in [6, 6.07) is 10.5. The minimum atomic E-state index is -3.89. The monoisotopic (exact) mass is 388 g/mol. The van der Waals surface area contributed by atoms with Gasteiger partial charge in [0.2, 0.25) is 5.91 Å². The van der Waals surface area contributed by atoms with E-state index in [9.17, 15) is 17.6 Å². The van der Waals surface area contributed by atoms with E-state index in [1.54, 1.807) is 18.2 Å². The molecule has 1 fully saturated rings. The molecule has 0 bridgehead atoms. The van der Waals surface area contributed by atoms with Crippen LogP contribution in [0.1, 0.15) is 32.1 Å². The fourth-order valence-electron chi connectivity index (χ4n) is 3.92. The molecule has 0 saturated heterocycles. The number of nitrogens with one attached hydrogen (secondary N) is 1. The SMILES string of the molecule is O=C(CN1c2ccc(F)cc2-c2ccccc2S1(=O)=O)NC1CCCCC1. The van der Waals surface area contributed by atoms with Gasteiger partial charge in [-0.2, -0.15) is 0 Å². The van der Waals surface area contributed by atoms with Crippen molar-refractivity contribution in [1.29, 1.82) is 0 Å². The predicted molar refractivity (Wildman–Crippen MR) is 101 cm³/mol. The number of amides is 1. The van der Waals surface area contributed by atoms with E-state index in [0.717, 1.165) is 30.0 Å². The van der Waals surface area contributed by atoms with Gasteiger partial charge in [-0.25, -0.2) is 12.8 Å². The number of anilines is 1. The van der Waals surface area contributed by atoms with Crippen molar-refractivity contribution in [2.45, 2.75) is 43.0 Å². The topological polar surface area (TPSA) is 66.5 Å². The lowest BCUT2D eigenvalue weighted by atomic mass is 9.95. The van der Waals surface area contributed by atoms with Crippen molar-refractivity contribution in [2.24, 2.45) is 0 Å². The zero-order chi connectivity index (χ0) is 19.0. The molecule has 7 heteroatoms. The third-order valence-corrected chi connectivity index (χ3v) is 7.05. The summed E-state index contributed by atoms with van der Waals surface area (Å²) in [6.07, 6.45) is 5.15. The normalized spacial score (nSPS) is 18.5. The van der Waals surface area contributed by atoms with Crippen LogP contribution in [0.4, 0.5) is 10.1 Å². The molecule has 1 aliphatic carbocycles. The molecule has 1 heterocycles. The summed E-state index contributed by atoms with van der Waals surface area (Å²) in [7, 11) is -3.89. The molecular formula is C20H21FN2O3S. The highest BCUT2D eigenvalue weighted by Gasteiger charge is 2.36. The van der Waals surface area contributed by atoms with Gasteiger partial charge in [-0.05, 0) is 37.1 Å². The first-order valence-electron chi connectivity index (χ1n) is 9.18. The van der Waals surface area contributed by atoms with Crippen molar-refractivity contribution in [3.63, 3.8) is 0 Å². The van der Waals surface area contributed by atoms with Crippen LogP contribution in [0, 0.1) is 5.82 Å². The first-order valence-corrected chi connectivity index (χ1v) is 10.6. The van der Waals surface area contributed by atoms with Gasteiger partial charge in [-0.1, -0.05) is 37.5 Å². The van der Waals surface area contributed by atoms with Gasteiger partial charge in [-0.15, -0.1) is 0 Å². The number of rotatable bonds is 3. The van der Waals surface area contributed by atoms with Crippen molar-refractivity contribution in [3.8, 4) is 11.1 Å². The van der Waals surface area contributed by atoms with Crippen molar-refractivity contribution < 1.29 is 17.6 Å². The predicted octanol–water partition coefficient (Wildman–Crippen LogP) is 3.45.